The summed E-state index contributed by atoms with van der Waals surface area (Å²) in [5, 5.41) is 0. The molecule has 0 aliphatic rings. The van der Waals surface area contributed by atoms with Crippen LogP contribution in [0.25, 0.3) is 0 Å². The summed E-state index contributed by atoms with van der Waals surface area (Å²) in [7, 11) is -2.75. The Kier molecular flexibility index (Phi) is 7.07. The number of unbranched alkanes of at least 4 members (excludes halogenated alkanes) is 1. The molecule has 0 saturated carbocycles. The van der Waals surface area contributed by atoms with Gasteiger partial charge in [0.25, 0.3) is 0 Å². The number of sulfone groups is 1. The topological polar surface area (TPSA) is 95.2 Å². The van der Waals surface area contributed by atoms with Crippen LogP contribution in [0.2, 0.25) is 0 Å². The molecule has 0 radical (unpaired) electrons. The summed E-state index contributed by atoms with van der Waals surface area (Å²) in [6, 6.07) is 0. The number of rotatable bonds is 4. The van der Waals surface area contributed by atoms with E-state index in [9.17, 15) is 8.42 Å². The normalized spacial score (nSPS) is 10.6. The van der Waals surface area contributed by atoms with Gasteiger partial charge in [-0.05, 0) is 19.4 Å². The average Bonchev–Trinajstić information content (AvgIpc) is 1.63. The maximum Gasteiger partial charge on any atom is 0.147 e. The zero-order valence-corrected chi connectivity index (χ0v) is 7.15. The molecule has 0 aliphatic carbocycles. The molecule has 0 aromatic heterocycles. The van der Waals surface area contributed by atoms with Gasteiger partial charge in [-0.3, -0.25) is 0 Å². The monoisotopic (exact) mass is 168 g/mol. The summed E-state index contributed by atoms with van der Waals surface area (Å²) < 4.78 is 20.9. The first-order chi connectivity index (χ1) is 4.06. The highest BCUT2D eigenvalue weighted by molar-refractivity contribution is 7.90. The Hall–Kier alpha value is -0.130. The van der Waals surface area contributed by atoms with Crippen LogP contribution in [0.4, 0.5) is 0 Å². The molecular formula is C5H16N2O2S. The second kappa shape index (κ2) is 5.64. The minimum Gasteiger partial charge on any atom is -0.344 e. The SMILES string of the molecule is CS(=O)(=O)CCCCN.N. The molecule has 0 heterocycles. The first-order valence-electron chi connectivity index (χ1n) is 2.94. The highest BCUT2D eigenvalue weighted by Gasteiger charge is 1.98. The molecule has 0 atom stereocenters. The van der Waals surface area contributed by atoms with Gasteiger partial charge in [0.05, 0.1) is 0 Å². The summed E-state index contributed by atoms with van der Waals surface area (Å²) in [6.45, 7) is 0.579. The fourth-order valence-corrected chi connectivity index (χ4v) is 1.24. The van der Waals surface area contributed by atoms with Crippen molar-refractivity contribution in [2.75, 3.05) is 18.6 Å². The van der Waals surface area contributed by atoms with Crippen molar-refractivity contribution in [1.82, 2.24) is 6.15 Å². The quantitative estimate of drug-likeness (QED) is 0.574. The Morgan fingerprint density at radius 1 is 1.30 bits per heavy atom. The molecule has 4 nitrogen and oxygen atoms in total. The van der Waals surface area contributed by atoms with Crippen LogP contribution in [-0.2, 0) is 9.84 Å². The summed E-state index contributed by atoms with van der Waals surface area (Å²) in [5.74, 6) is 0.268. The lowest BCUT2D eigenvalue weighted by molar-refractivity contribution is 0.597. The molecule has 0 aliphatic heterocycles. The molecule has 0 saturated heterocycles. The van der Waals surface area contributed by atoms with Gasteiger partial charge in [-0.2, -0.15) is 0 Å². The van der Waals surface area contributed by atoms with Crippen LogP contribution in [0.1, 0.15) is 12.8 Å². The Balaban J connectivity index is 0. The van der Waals surface area contributed by atoms with Crippen LogP contribution in [0.5, 0.6) is 0 Å². The zero-order chi connectivity index (χ0) is 7.33. The minimum atomic E-state index is -2.75. The first kappa shape index (κ1) is 12.5. The van der Waals surface area contributed by atoms with E-state index in [-0.39, 0.29) is 11.9 Å². The number of nitrogens with two attached hydrogens (primary N) is 1. The summed E-state index contributed by atoms with van der Waals surface area (Å²) >= 11 is 0. The van der Waals surface area contributed by atoms with E-state index < -0.39 is 9.84 Å². The van der Waals surface area contributed by atoms with Crippen LogP contribution < -0.4 is 11.9 Å². The number of hydrogen-bond acceptors (Lipinski definition) is 4. The largest absolute Gasteiger partial charge is 0.344 e. The molecule has 0 bridgehead atoms. The summed E-state index contributed by atoms with van der Waals surface area (Å²) in [5.41, 5.74) is 5.16. The van der Waals surface area contributed by atoms with Gasteiger partial charge in [-0.1, -0.05) is 0 Å². The van der Waals surface area contributed by atoms with E-state index in [1.165, 1.54) is 6.26 Å². The lowest BCUT2D eigenvalue weighted by atomic mass is 10.3. The van der Waals surface area contributed by atoms with Crippen molar-refractivity contribution >= 4 is 9.84 Å². The maximum atomic E-state index is 10.5. The van der Waals surface area contributed by atoms with Crippen molar-refractivity contribution in [2.45, 2.75) is 12.8 Å². The van der Waals surface area contributed by atoms with Crippen molar-refractivity contribution < 1.29 is 8.42 Å². The van der Waals surface area contributed by atoms with E-state index in [1.807, 2.05) is 0 Å². The van der Waals surface area contributed by atoms with Crippen LogP contribution in [0, 0.1) is 0 Å². The number of hydrogen-bond donors (Lipinski definition) is 2. The molecule has 0 amide bonds. The summed E-state index contributed by atoms with van der Waals surface area (Å²) in [6.07, 6.45) is 2.73. The molecule has 0 spiro atoms. The van der Waals surface area contributed by atoms with Gasteiger partial charge in [-0.15, -0.1) is 0 Å². The molecule has 0 rings (SSSR count). The minimum absolute atomic E-state index is 0. The third-order valence-corrected chi connectivity index (χ3v) is 2.00. The molecule has 5 heteroatoms. The van der Waals surface area contributed by atoms with E-state index in [4.69, 9.17) is 5.73 Å². The van der Waals surface area contributed by atoms with Crippen molar-refractivity contribution in [1.29, 1.82) is 0 Å². The van der Waals surface area contributed by atoms with Crippen LogP contribution >= 0.6 is 0 Å². The lowest BCUT2D eigenvalue weighted by Crippen LogP contribution is -2.06. The molecule has 0 aromatic rings. The van der Waals surface area contributed by atoms with Gasteiger partial charge < -0.3 is 11.9 Å². The van der Waals surface area contributed by atoms with Crippen molar-refractivity contribution in [3.8, 4) is 0 Å². The molecule has 0 fully saturated rings. The van der Waals surface area contributed by atoms with E-state index in [2.05, 4.69) is 0 Å². The lowest BCUT2D eigenvalue weighted by Gasteiger charge is -1.94. The Morgan fingerprint density at radius 2 is 1.80 bits per heavy atom. The van der Waals surface area contributed by atoms with Gasteiger partial charge in [0.2, 0.25) is 0 Å². The van der Waals surface area contributed by atoms with E-state index >= 15 is 0 Å². The Labute approximate surface area is 62.3 Å². The third-order valence-electron chi connectivity index (χ3n) is 0.969. The fourth-order valence-electron chi connectivity index (χ4n) is 0.509. The predicted octanol–water partition coefficient (Wildman–Crippen LogP) is -0.0681. The van der Waals surface area contributed by atoms with Gasteiger partial charge in [-0.25, -0.2) is 8.42 Å². The fraction of sp³-hybridized carbons (Fsp3) is 1.00. The summed E-state index contributed by atoms with van der Waals surface area (Å²) in [4.78, 5) is 0. The van der Waals surface area contributed by atoms with Gasteiger partial charge in [0.15, 0.2) is 0 Å². The van der Waals surface area contributed by atoms with Crippen LogP contribution in [0.15, 0.2) is 0 Å². The molecular weight excluding hydrogens is 152 g/mol. The standard InChI is InChI=1S/C5H13NO2S.H3N/c1-9(7,8)5-3-2-4-6;/h2-6H2,1H3;1H3. The molecule has 5 N–H and O–H groups in total. The van der Waals surface area contributed by atoms with Crippen molar-refractivity contribution in [2.24, 2.45) is 5.73 Å². The first-order valence-corrected chi connectivity index (χ1v) is 5.00. The van der Waals surface area contributed by atoms with E-state index in [0.717, 1.165) is 6.42 Å². The van der Waals surface area contributed by atoms with Crippen molar-refractivity contribution in [3.05, 3.63) is 0 Å². The average molecular weight is 168 g/mol. The Morgan fingerprint density at radius 3 is 2.10 bits per heavy atom. The molecule has 0 aromatic carbocycles. The highest BCUT2D eigenvalue weighted by Crippen LogP contribution is 1.91. The van der Waals surface area contributed by atoms with Gasteiger partial charge in [0.1, 0.15) is 9.84 Å². The van der Waals surface area contributed by atoms with Crippen LogP contribution in [0.3, 0.4) is 0 Å². The van der Waals surface area contributed by atoms with E-state index in [0.29, 0.717) is 13.0 Å². The maximum absolute atomic E-state index is 10.5. The zero-order valence-electron chi connectivity index (χ0n) is 6.34. The second-order valence-corrected chi connectivity index (χ2v) is 4.39. The van der Waals surface area contributed by atoms with Gasteiger partial charge >= 0.3 is 0 Å². The smallest absolute Gasteiger partial charge is 0.147 e. The van der Waals surface area contributed by atoms with E-state index in [1.54, 1.807) is 0 Å². The molecule has 64 valence electrons. The Bertz CT molecular complexity index is 153. The van der Waals surface area contributed by atoms with Crippen molar-refractivity contribution in [3.63, 3.8) is 0 Å². The predicted molar refractivity (Wildman–Crippen MR) is 43.0 cm³/mol. The molecule has 0 unspecified atom stereocenters. The van der Waals surface area contributed by atoms with Gasteiger partial charge in [0, 0.05) is 12.0 Å². The third kappa shape index (κ3) is 10.8. The van der Waals surface area contributed by atoms with Crippen LogP contribution in [-0.4, -0.2) is 27.0 Å². The highest BCUT2D eigenvalue weighted by atomic mass is 32.2. The molecule has 10 heavy (non-hydrogen) atoms. The second-order valence-electron chi connectivity index (χ2n) is 2.13.